The van der Waals surface area contributed by atoms with Crippen LogP contribution in [-0.2, 0) is 18.9 Å². The molecule has 3 aromatic rings. The van der Waals surface area contributed by atoms with Crippen LogP contribution in [0.4, 0.5) is 32.2 Å². The van der Waals surface area contributed by atoms with Crippen molar-refractivity contribution < 1.29 is 26.3 Å². The van der Waals surface area contributed by atoms with Crippen LogP contribution in [0.1, 0.15) is 28.1 Å². The summed E-state index contributed by atoms with van der Waals surface area (Å²) >= 11 is 0. The van der Waals surface area contributed by atoms with E-state index in [1.54, 1.807) is 13.8 Å². The zero-order chi connectivity index (χ0) is 20.0. The van der Waals surface area contributed by atoms with Crippen molar-refractivity contribution in [2.75, 3.05) is 5.32 Å². The van der Waals surface area contributed by atoms with E-state index in [0.717, 1.165) is 12.1 Å². The number of benzene rings is 1. The first-order valence-corrected chi connectivity index (χ1v) is 7.68. The van der Waals surface area contributed by atoms with Gasteiger partial charge in [-0.05, 0) is 37.1 Å². The minimum Gasteiger partial charge on any atom is -0.364 e. The molecule has 0 radical (unpaired) electrons. The monoisotopic (exact) mass is 389 g/mol. The van der Waals surface area contributed by atoms with E-state index in [2.05, 4.69) is 20.6 Å². The van der Waals surface area contributed by atoms with Gasteiger partial charge in [-0.3, -0.25) is 0 Å². The molecule has 0 spiro atoms. The van der Waals surface area contributed by atoms with Crippen LogP contribution >= 0.6 is 0 Å². The quantitative estimate of drug-likeness (QED) is 0.675. The normalized spacial score (nSPS) is 12.6. The largest absolute Gasteiger partial charge is 0.453 e. The van der Waals surface area contributed by atoms with Gasteiger partial charge in [0.2, 0.25) is 0 Å². The van der Waals surface area contributed by atoms with Crippen molar-refractivity contribution in [3.63, 3.8) is 0 Å². The topological polar surface area (TPSA) is 55.1 Å². The van der Waals surface area contributed by atoms with Gasteiger partial charge in [0, 0.05) is 12.1 Å². The van der Waals surface area contributed by atoms with Crippen LogP contribution in [0.2, 0.25) is 0 Å². The molecule has 0 amide bonds. The first-order chi connectivity index (χ1) is 12.5. The van der Waals surface area contributed by atoms with E-state index in [0.29, 0.717) is 21.2 Å². The van der Waals surface area contributed by atoms with Crippen LogP contribution in [0.25, 0.3) is 5.65 Å². The van der Waals surface area contributed by atoms with Crippen LogP contribution in [0.15, 0.2) is 24.3 Å². The molecule has 2 heterocycles. The molecule has 5 nitrogen and oxygen atoms in total. The summed E-state index contributed by atoms with van der Waals surface area (Å²) < 4.78 is 78.0. The number of rotatable bonds is 3. The molecule has 0 saturated carbocycles. The fraction of sp³-hybridized carbons (Fsp3) is 0.312. The second kappa shape index (κ2) is 6.39. The molecule has 1 N–H and O–H groups in total. The SMILES string of the molecule is Cc1c(NCc2cccc(C(F)(F)F)c2)nn2c(C(F)(F)F)nnc2c1C. The number of nitrogens with zero attached hydrogens (tertiary/aromatic N) is 4. The van der Waals surface area contributed by atoms with Crippen molar-refractivity contribution in [1.82, 2.24) is 19.8 Å². The standard InChI is InChI=1S/C16H13F6N5/c1-8-9(2)13-24-25-14(16(20,21)22)27(13)26-12(8)23-7-10-4-3-5-11(6-10)15(17,18)19/h3-6H,7H2,1-2H3,(H,23,26). The highest BCUT2D eigenvalue weighted by Gasteiger charge is 2.38. The van der Waals surface area contributed by atoms with E-state index in [1.165, 1.54) is 12.1 Å². The summed E-state index contributed by atoms with van der Waals surface area (Å²) in [6.45, 7) is 3.14. The summed E-state index contributed by atoms with van der Waals surface area (Å²) in [5.74, 6) is -1.18. The average Bonchev–Trinajstić information content (AvgIpc) is 3.00. The van der Waals surface area contributed by atoms with Crippen molar-refractivity contribution >= 4 is 11.5 Å². The molecule has 0 aliphatic carbocycles. The van der Waals surface area contributed by atoms with Gasteiger partial charge in [0.05, 0.1) is 5.56 Å². The third-order valence-electron chi connectivity index (χ3n) is 4.06. The van der Waals surface area contributed by atoms with Gasteiger partial charge in [0.1, 0.15) is 0 Å². The highest BCUT2D eigenvalue weighted by molar-refractivity contribution is 5.58. The van der Waals surface area contributed by atoms with Crippen LogP contribution in [0, 0.1) is 13.8 Å². The Balaban J connectivity index is 1.95. The second-order valence-electron chi connectivity index (χ2n) is 5.91. The highest BCUT2D eigenvalue weighted by Crippen LogP contribution is 2.31. The fourth-order valence-corrected chi connectivity index (χ4v) is 2.52. The van der Waals surface area contributed by atoms with Crippen LogP contribution in [0.3, 0.4) is 0 Å². The first-order valence-electron chi connectivity index (χ1n) is 7.68. The van der Waals surface area contributed by atoms with Crippen LogP contribution in [0.5, 0.6) is 0 Å². The summed E-state index contributed by atoms with van der Waals surface area (Å²) in [5, 5.41) is 13.3. The first kappa shape index (κ1) is 18.9. The average molecular weight is 389 g/mol. The summed E-state index contributed by atoms with van der Waals surface area (Å²) in [6.07, 6.45) is -9.23. The minimum absolute atomic E-state index is 0.0376. The van der Waals surface area contributed by atoms with Crippen LogP contribution in [-0.4, -0.2) is 19.8 Å². The van der Waals surface area contributed by atoms with Gasteiger partial charge in [-0.2, -0.15) is 30.9 Å². The summed E-state index contributed by atoms with van der Waals surface area (Å²) in [6, 6.07) is 4.64. The number of halogens is 6. The van der Waals surface area contributed by atoms with Gasteiger partial charge in [0.25, 0.3) is 5.82 Å². The molecule has 0 bridgehead atoms. The number of hydrogen-bond acceptors (Lipinski definition) is 4. The minimum atomic E-state index is -4.74. The smallest absolute Gasteiger partial charge is 0.364 e. The lowest BCUT2D eigenvalue weighted by Crippen LogP contribution is -2.15. The van der Waals surface area contributed by atoms with Crippen molar-refractivity contribution in [1.29, 1.82) is 0 Å². The lowest BCUT2D eigenvalue weighted by molar-refractivity contribution is -0.146. The third kappa shape index (κ3) is 3.67. The van der Waals surface area contributed by atoms with Crippen molar-refractivity contribution in [3.05, 3.63) is 52.3 Å². The van der Waals surface area contributed by atoms with Gasteiger partial charge < -0.3 is 5.32 Å². The summed E-state index contributed by atoms with van der Waals surface area (Å²) in [7, 11) is 0. The molecule has 1 aromatic carbocycles. The van der Waals surface area contributed by atoms with Gasteiger partial charge in [0.15, 0.2) is 11.5 Å². The predicted molar refractivity (Wildman–Crippen MR) is 84.0 cm³/mol. The zero-order valence-corrected chi connectivity index (χ0v) is 14.1. The Morgan fingerprint density at radius 1 is 0.963 bits per heavy atom. The number of nitrogens with one attached hydrogen (secondary N) is 1. The molecule has 0 aliphatic rings. The second-order valence-corrected chi connectivity index (χ2v) is 5.91. The molecule has 11 heteroatoms. The molecule has 0 aliphatic heterocycles. The third-order valence-corrected chi connectivity index (χ3v) is 4.06. The number of fused-ring (bicyclic) bond motifs is 1. The van der Waals surface area contributed by atoms with Gasteiger partial charge in [-0.1, -0.05) is 12.1 Å². The number of alkyl halides is 6. The van der Waals surface area contributed by atoms with Gasteiger partial charge in [-0.25, -0.2) is 0 Å². The van der Waals surface area contributed by atoms with Crippen LogP contribution < -0.4 is 5.32 Å². The maximum atomic E-state index is 13.0. The maximum absolute atomic E-state index is 13.0. The Bertz CT molecular complexity index is 989. The predicted octanol–water partition coefficient (Wildman–Crippen LogP) is 4.39. The van der Waals surface area contributed by atoms with E-state index in [1.807, 2.05) is 0 Å². The Hall–Kier alpha value is -2.85. The molecule has 0 saturated heterocycles. The Morgan fingerprint density at radius 3 is 2.30 bits per heavy atom. The van der Waals surface area contributed by atoms with Crippen molar-refractivity contribution in [2.24, 2.45) is 0 Å². The van der Waals surface area contributed by atoms with E-state index in [9.17, 15) is 26.3 Å². The molecule has 2 aromatic heterocycles. The summed E-state index contributed by atoms with van der Waals surface area (Å²) in [5.41, 5.74) is 0.416. The van der Waals surface area contributed by atoms with E-state index < -0.39 is 23.7 Å². The molecule has 144 valence electrons. The zero-order valence-electron chi connectivity index (χ0n) is 14.1. The van der Waals surface area contributed by atoms with Crippen molar-refractivity contribution in [3.8, 4) is 0 Å². The lowest BCUT2D eigenvalue weighted by Gasteiger charge is -2.13. The number of anilines is 1. The molecular formula is C16H13F6N5. The van der Waals surface area contributed by atoms with Gasteiger partial charge >= 0.3 is 12.4 Å². The number of aromatic nitrogens is 4. The molecule has 0 fully saturated rings. The van der Waals surface area contributed by atoms with Gasteiger partial charge in [-0.15, -0.1) is 15.3 Å². The molecular weight excluding hydrogens is 376 g/mol. The molecule has 3 rings (SSSR count). The fourth-order valence-electron chi connectivity index (χ4n) is 2.52. The maximum Gasteiger partial charge on any atom is 0.453 e. The number of aryl methyl sites for hydroxylation is 1. The Morgan fingerprint density at radius 2 is 1.67 bits per heavy atom. The highest BCUT2D eigenvalue weighted by atomic mass is 19.4. The van der Waals surface area contributed by atoms with Crippen molar-refractivity contribution in [2.45, 2.75) is 32.7 Å². The molecule has 0 atom stereocenters. The van der Waals surface area contributed by atoms with E-state index in [-0.39, 0.29) is 18.0 Å². The van der Waals surface area contributed by atoms with E-state index >= 15 is 0 Å². The molecule has 0 unspecified atom stereocenters. The lowest BCUT2D eigenvalue weighted by atomic mass is 10.1. The Kier molecular flexibility index (Phi) is 4.48. The summed E-state index contributed by atoms with van der Waals surface area (Å²) in [4.78, 5) is 0. The van der Waals surface area contributed by atoms with E-state index in [4.69, 9.17) is 0 Å². The Labute approximate surface area is 149 Å². The number of hydrogen-bond donors (Lipinski definition) is 1. The molecule has 27 heavy (non-hydrogen) atoms.